The highest BCUT2D eigenvalue weighted by atomic mass is 32.2. The van der Waals surface area contributed by atoms with Crippen molar-refractivity contribution in [3.05, 3.63) is 12.5 Å². The largest absolute Gasteiger partial charge is 0.335 e. The van der Waals surface area contributed by atoms with Gasteiger partial charge in [-0.2, -0.15) is 4.31 Å². The minimum absolute atomic E-state index is 0.220. The number of nitrogens with one attached hydrogen (secondary N) is 1. The molecular weight excluding hydrogens is 238 g/mol. The molecule has 0 radical (unpaired) electrons. The van der Waals surface area contributed by atoms with E-state index in [2.05, 4.69) is 9.97 Å². The number of sulfonamides is 1. The van der Waals surface area contributed by atoms with Gasteiger partial charge in [-0.1, -0.05) is 6.42 Å². The first kappa shape index (κ1) is 11.2. The summed E-state index contributed by atoms with van der Waals surface area (Å²) in [5, 5.41) is 0.220. The molecule has 2 bridgehead atoms. The molecule has 17 heavy (non-hydrogen) atoms. The zero-order valence-electron chi connectivity index (χ0n) is 9.67. The second kappa shape index (κ2) is 4.10. The third-order valence-electron chi connectivity index (χ3n) is 3.91. The van der Waals surface area contributed by atoms with Gasteiger partial charge in [-0.25, -0.2) is 13.4 Å². The summed E-state index contributed by atoms with van der Waals surface area (Å²) in [4.78, 5) is 6.49. The standard InChI is InChI=1S/C11H17N3O2S/c15-17(16,11-5-12-8-13-11)14-6-9-2-1-3-10(4-9)7-14/h5,8-10H,1-4,6-7H2,(H,12,13). The van der Waals surface area contributed by atoms with E-state index in [1.165, 1.54) is 38.2 Å². The lowest BCUT2D eigenvalue weighted by molar-refractivity contribution is 0.144. The van der Waals surface area contributed by atoms with Crippen LogP contribution >= 0.6 is 0 Å². The van der Waals surface area contributed by atoms with Gasteiger partial charge in [-0.3, -0.25) is 0 Å². The molecule has 2 aliphatic rings. The Balaban J connectivity index is 1.85. The van der Waals surface area contributed by atoms with Crippen molar-refractivity contribution in [3.8, 4) is 0 Å². The summed E-state index contributed by atoms with van der Waals surface area (Å²) in [6.07, 6.45) is 7.61. The topological polar surface area (TPSA) is 66.1 Å². The average Bonchev–Trinajstić information content (AvgIpc) is 2.82. The Morgan fingerprint density at radius 3 is 2.59 bits per heavy atom. The molecule has 5 nitrogen and oxygen atoms in total. The molecule has 0 amide bonds. The third-order valence-corrected chi connectivity index (χ3v) is 5.66. The summed E-state index contributed by atoms with van der Waals surface area (Å²) >= 11 is 0. The maximum absolute atomic E-state index is 12.3. The van der Waals surface area contributed by atoms with E-state index < -0.39 is 10.0 Å². The molecule has 1 saturated heterocycles. The number of H-pyrrole nitrogens is 1. The highest BCUT2D eigenvalue weighted by Gasteiger charge is 2.37. The first-order chi connectivity index (χ1) is 8.16. The van der Waals surface area contributed by atoms with Gasteiger partial charge >= 0.3 is 0 Å². The van der Waals surface area contributed by atoms with E-state index in [1.54, 1.807) is 4.31 Å². The van der Waals surface area contributed by atoms with Crippen molar-refractivity contribution in [3.63, 3.8) is 0 Å². The number of aromatic nitrogens is 2. The van der Waals surface area contributed by atoms with Gasteiger partial charge < -0.3 is 4.98 Å². The van der Waals surface area contributed by atoms with E-state index >= 15 is 0 Å². The molecule has 1 saturated carbocycles. The molecule has 2 fully saturated rings. The molecule has 94 valence electrons. The first-order valence-electron chi connectivity index (χ1n) is 6.15. The van der Waals surface area contributed by atoms with E-state index in [-0.39, 0.29) is 5.03 Å². The van der Waals surface area contributed by atoms with Crippen LogP contribution in [0.15, 0.2) is 17.6 Å². The fraction of sp³-hybridized carbons (Fsp3) is 0.727. The molecule has 3 rings (SSSR count). The molecule has 2 unspecified atom stereocenters. The van der Waals surface area contributed by atoms with Crippen molar-refractivity contribution >= 4 is 10.0 Å². The van der Waals surface area contributed by atoms with E-state index in [0.717, 1.165) is 0 Å². The Hall–Kier alpha value is -0.880. The van der Waals surface area contributed by atoms with E-state index in [0.29, 0.717) is 24.9 Å². The number of aromatic amines is 1. The molecule has 1 aromatic rings. The van der Waals surface area contributed by atoms with Crippen LogP contribution < -0.4 is 0 Å². The maximum Gasteiger partial charge on any atom is 0.260 e. The van der Waals surface area contributed by atoms with Crippen LogP contribution in [-0.2, 0) is 10.0 Å². The van der Waals surface area contributed by atoms with Gasteiger partial charge in [0.2, 0.25) is 0 Å². The number of piperidine rings is 1. The molecule has 6 heteroatoms. The lowest BCUT2D eigenvalue weighted by atomic mass is 9.79. The van der Waals surface area contributed by atoms with E-state index in [1.807, 2.05) is 0 Å². The van der Waals surface area contributed by atoms with Crippen LogP contribution in [-0.4, -0.2) is 35.8 Å². The van der Waals surface area contributed by atoms with Gasteiger partial charge in [0, 0.05) is 13.1 Å². The minimum atomic E-state index is -3.35. The molecular formula is C11H17N3O2S. The number of fused-ring (bicyclic) bond motifs is 2. The molecule has 0 spiro atoms. The molecule has 0 aromatic carbocycles. The Kier molecular flexibility index (Phi) is 2.71. The normalized spacial score (nSPS) is 30.4. The van der Waals surface area contributed by atoms with Crippen LogP contribution in [0.5, 0.6) is 0 Å². The zero-order valence-corrected chi connectivity index (χ0v) is 10.5. The monoisotopic (exact) mass is 255 g/mol. The number of hydrogen-bond acceptors (Lipinski definition) is 3. The zero-order chi connectivity index (χ0) is 11.9. The number of hydrogen-bond donors (Lipinski definition) is 1. The Morgan fingerprint density at radius 2 is 2.00 bits per heavy atom. The van der Waals surface area contributed by atoms with Crippen molar-refractivity contribution in [1.82, 2.24) is 14.3 Å². The number of nitrogens with zero attached hydrogens (tertiary/aromatic N) is 2. The molecule has 1 aliphatic heterocycles. The van der Waals surface area contributed by atoms with Crippen molar-refractivity contribution in [1.29, 1.82) is 0 Å². The summed E-state index contributed by atoms with van der Waals surface area (Å²) in [5.41, 5.74) is 0. The lowest BCUT2D eigenvalue weighted by Gasteiger charge is -2.40. The van der Waals surface area contributed by atoms with Crippen LogP contribution in [0.2, 0.25) is 0 Å². The summed E-state index contributed by atoms with van der Waals surface area (Å²) in [5.74, 6) is 1.11. The Labute approximate surface area is 101 Å². The molecule has 2 heterocycles. The first-order valence-corrected chi connectivity index (χ1v) is 7.59. The number of rotatable bonds is 2. The second-order valence-electron chi connectivity index (χ2n) is 5.14. The van der Waals surface area contributed by atoms with Crippen LogP contribution in [0.4, 0.5) is 0 Å². The Bertz CT molecular complexity index is 471. The summed E-state index contributed by atoms with van der Waals surface area (Å²) in [7, 11) is -3.35. The molecule has 1 N–H and O–H groups in total. The molecule has 2 atom stereocenters. The Morgan fingerprint density at radius 1 is 1.29 bits per heavy atom. The van der Waals surface area contributed by atoms with Crippen molar-refractivity contribution in [2.24, 2.45) is 11.8 Å². The highest BCUT2D eigenvalue weighted by molar-refractivity contribution is 7.89. The number of imidazole rings is 1. The second-order valence-corrected chi connectivity index (χ2v) is 7.04. The van der Waals surface area contributed by atoms with Crippen LogP contribution in [0.3, 0.4) is 0 Å². The van der Waals surface area contributed by atoms with Gasteiger partial charge in [0.1, 0.15) is 0 Å². The fourth-order valence-electron chi connectivity index (χ4n) is 3.10. The van der Waals surface area contributed by atoms with Crippen molar-refractivity contribution in [2.75, 3.05) is 13.1 Å². The fourth-order valence-corrected chi connectivity index (χ4v) is 4.59. The summed E-state index contributed by atoms with van der Waals surface area (Å²) < 4.78 is 26.3. The summed E-state index contributed by atoms with van der Waals surface area (Å²) in [6, 6.07) is 0. The predicted octanol–water partition coefficient (Wildman–Crippen LogP) is 1.22. The van der Waals surface area contributed by atoms with Crippen LogP contribution in [0.25, 0.3) is 0 Å². The molecule has 1 aliphatic carbocycles. The van der Waals surface area contributed by atoms with Crippen molar-refractivity contribution in [2.45, 2.75) is 30.7 Å². The summed E-state index contributed by atoms with van der Waals surface area (Å²) in [6.45, 7) is 1.36. The van der Waals surface area contributed by atoms with E-state index in [4.69, 9.17) is 0 Å². The van der Waals surface area contributed by atoms with Gasteiger partial charge in [0.15, 0.2) is 5.03 Å². The molecule has 1 aromatic heterocycles. The van der Waals surface area contributed by atoms with Gasteiger partial charge in [-0.15, -0.1) is 0 Å². The third kappa shape index (κ3) is 1.99. The lowest BCUT2D eigenvalue weighted by Crippen LogP contribution is -2.45. The van der Waals surface area contributed by atoms with Crippen LogP contribution in [0, 0.1) is 11.8 Å². The highest BCUT2D eigenvalue weighted by Crippen LogP contribution is 2.36. The minimum Gasteiger partial charge on any atom is -0.335 e. The van der Waals surface area contributed by atoms with Gasteiger partial charge in [0.25, 0.3) is 10.0 Å². The van der Waals surface area contributed by atoms with E-state index in [9.17, 15) is 8.42 Å². The predicted molar refractivity (Wildman–Crippen MR) is 62.8 cm³/mol. The smallest absolute Gasteiger partial charge is 0.260 e. The van der Waals surface area contributed by atoms with Gasteiger partial charge in [-0.05, 0) is 31.1 Å². The quantitative estimate of drug-likeness (QED) is 0.864. The average molecular weight is 255 g/mol. The van der Waals surface area contributed by atoms with Gasteiger partial charge in [0.05, 0.1) is 12.5 Å². The maximum atomic E-state index is 12.3. The van der Waals surface area contributed by atoms with Crippen molar-refractivity contribution < 1.29 is 8.42 Å². The van der Waals surface area contributed by atoms with Crippen LogP contribution in [0.1, 0.15) is 25.7 Å². The SMILES string of the molecule is O=S(=O)(c1cnc[nH]1)N1CC2CCCC(C2)C1.